The van der Waals surface area contributed by atoms with Gasteiger partial charge in [-0.15, -0.1) is 0 Å². The fourth-order valence-corrected chi connectivity index (χ4v) is 4.19. The molecule has 0 nitrogen and oxygen atoms in total. The van der Waals surface area contributed by atoms with Crippen LogP contribution in [0.5, 0.6) is 0 Å². The molecule has 3 rings (SSSR count). The average molecular weight is 361 g/mol. The molecule has 0 heterocycles. The van der Waals surface area contributed by atoms with Crippen molar-refractivity contribution in [3.05, 3.63) is 71.4 Å². The molecular weight excluding hydrogens is 328 g/mol. The first-order valence-electron chi connectivity index (χ1n) is 10.1. The lowest BCUT2D eigenvalue weighted by atomic mass is 9.88. The molecule has 0 amide bonds. The van der Waals surface area contributed by atoms with E-state index in [9.17, 15) is 0 Å². The highest BCUT2D eigenvalue weighted by Crippen LogP contribution is 2.26. The summed E-state index contributed by atoms with van der Waals surface area (Å²) in [5.74, 6) is 0.792. The van der Waals surface area contributed by atoms with Gasteiger partial charge in [-0.25, -0.2) is 0 Å². The van der Waals surface area contributed by atoms with Gasteiger partial charge in [-0.2, -0.15) is 0 Å². The minimum Gasteiger partial charge on any atom is -0.0944 e. The zero-order valence-electron chi connectivity index (χ0n) is 16.5. The summed E-state index contributed by atoms with van der Waals surface area (Å²) >= 11 is 0. The van der Waals surface area contributed by atoms with Crippen molar-refractivity contribution in [2.24, 2.45) is 5.92 Å². The van der Waals surface area contributed by atoms with Gasteiger partial charge in [0.25, 0.3) is 0 Å². The van der Waals surface area contributed by atoms with Crippen LogP contribution in [0.15, 0.2) is 60.3 Å². The highest BCUT2D eigenvalue weighted by Gasteiger charge is 2.09. The summed E-state index contributed by atoms with van der Waals surface area (Å²) in [7, 11) is -1.13. The Morgan fingerprint density at radius 2 is 1.19 bits per heavy atom. The van der Waals surface area contributed by atoms with Crippen molar-refractivity contribution in [2.45, 2.75) is 51.7 Å². The minimum atomic E-state index is -1.13. The van der Waals surface area contributed by atoms with Crippen LogP contribution in [0.2, 0.25) is 19.6 Å². The van der Waals surface area contributed by atoms with E-state index in [1.807, 2.05) is 0 Å². The predicted molar refractivity (Wildman–Crippen MR) is 120 cm³/mol. The van der Waals surface area contributed by atoms with Gasteiger partial charge in [-0.05, 0) is 41.0 Å². The fraction of sp³-hybridized carbons (Fsp3) is 0.360. The molecule has 1 fully saturated rings. The highest BCUT2D eigenvalue weighted by molar-refractivity contribution is 6.81. The summed E-state index contributed by atoms with van der Waals surface area (Å²) < 4.78 is 0. The maximum Gasteiger partial charge on any atom is 0.0687 e. The van der Waals surface area contributed by atoms with Crippen molar-refractivity contribution in [1.29, 1.82) is 0 Å². The third-order valence-electron chi connectivity index (χ3n) is 5.14. The van der Waals surface area contributed by atoms with E-state index in [1.165, 1.54) is 54.4 Å². The topological polar surface area (TPSA) is 0 Å². The molecule has 0 aliphatic heterocycles. The summed E-state index contributed by atoms with van der Waals surface area (Å²) in [4.78, 5) is 0. The first-order valence-corrected chi connectivity index (χ1v) is 13.7. The van der Waals surface area contributed by atoms with Gasteiger partial charge in [0, 0.05) is 0 Å². The van der Waals surface area contributed by atoms with Crippen molar-refractivity contribution in [3.8, 4) is 11.1 Å². The summed E-state index contributed by atoms with van der Waals surface area (Å²) in [6.07, 6.45) is 14.0. The molecule has 0 spiro atoms. The molecule has 1 aliphatic rings. The summed E-state index contributed by atoms with van der Waals surface area (Å²) in [6.45, 7) is 7.09. The molecular formula is C25H32Si. The maximum absolute atomic E-state index is 2.42. The lowest BCUT2D eigenvalue weighted by molar-refractivity contribution is 0.420. The SMILES string of the molecule is C[Si](C)(C)C=Cc1ccc(-c2ccc(C=CC3CCCCC3)cc2)cc1. The van der Waals surface area contributed by atoms with Gasteiger partial charge >= 0.3 is 0 Å². The van der Waals surface area contributed by atoms with E-state index in [0.717, 1.165) is 5.92 Å². The van der Waals surface area contributed by atoms with E-state index in [2.05, 4.69) is 92.1 Å². The quantitative estimate of drug-likeness (QED) is 0.476. The number of benzene rings is 2. The van der Waals surface area contributed by atoms with Gasteiger partial charge in [-0.3, -0.25) is 0 Å². The van der Waals surface area contributed by atoms with E-state index in [0.29, 0.717) is 0 Å². The Hall–Kier alpha value is -1.86. The van der Waals surface area contributed by atoms with E-state index in [4.69, 9.17) is 0 Å². The highest BCUT2D eigenvalue weighted by atomic mass is 28.3. The van der Waals surface area contributed by atoms with E-state index in [-0.39, 0.29) is 0 Å². The Bertz CT molecular complexity index is 736. The zero-order valence-corrected chi connectivity index (χ0v) is 17.5. The predicted octanol–water partition coefficient (Wildman–Crippen LogP) is 7.84. The van der Waals surface area contributed by atoms with Crippen LogP contribution in [0.25, 0.3) is 23.3 Å². The average Bonchev–Trinajstić information content (AvgIpc) is 2.66. The molecule has 2 aromatic carbocycles. The van der Waals surface area contributed by atoms with E-state index < -0.39 is 8.07 Å². The summed E-state index contributed by atoms with van der Waals surface area (Å²) in [5, 5.41) is 0. The molecule has 0 N–H and O–H groups in total. The maximum atomic E-state index is 2.42. The van der Waals surface area contributed by atoms with Crippen LogP contribution in [0.3, 0.4) is 0 Å². The van der Waals surface area contributed by atoms with Crippen LogP contribution in [0, 0.1) is 5.92 Å². The van der Waals surface area contributed by atoms with Crippen molar-refractivity contribution in [3.63, 3.8) is 0 Å². The smallest absolute Gasteiger partial charge is 0.0687 e. The van der Waals surface area contributed by atoms with Crippen molar-refractivity contribution >= 4 is 20.2 Å². The van der Waals surface area contributed by atoms with Crippen molar-refractivity contribution < 1.29 is 0 Å². The minimum absolute atomic E-state index is 0.792. The molecule has 0 bridgehead atoms. The van der Waals surface area contributed by atoms with Crippen molar-refractivity contribution in [2.75, 3.05) is 0 Å². The van der Waals surface area contributed by atoms with Crippen molar-refractivity contribution in [1.82, 2.24) is 0 Å². The summed E-state index contributed by atoms with van der Waals surface area (Å²) in [6, 6.07) is 17.9. The Kier molecular flexibility index (Phi) is 6.32. The third-order valence-corrected chi connectivity index (χ3v) is 6.31. The van der Waals surface area contributed by atoms with Crippen LogP contribution in [0.4, 0.5) is 0 Å². The Morgan fingerprint density at radius 1 is 0.692 bits per heavy atom. The van der Waals surface area contributed by atoms with Crippen LogP contribution in [-0.4, -0.2) is 8.07 Å². The Labute approximate surface area is 160 Å². The second kappa shape index (κ2) is 8.68. The second-order valence-electron chi connectivity index (χ2n) is 8.70. The number of allylic oxidation sites excluding steroid dienone is 1. The lowest BCUT2D eigenvalue weighted by Gasteiger charge is -2.17. The second-order valence-corrected chi connectivity index (χ2v) is 13.8. The standard InChI is InChI=1S/C25H32Si/c1-26(2,3)20-19-23-13-17-25(18-14-23)24-15-11-22(12-16-24)10-9-21-7-5-4-6-8-21/h9-21H,4-8H2,1-3H3. The molecule has 1 aliphatic carbocycles. The molecule has 0 atom stereocenters. The molecule has 2 aromatic rings. The van der Waals surface area contributed by atoms with Gasteiger partial charge in [0.15, 0.2) is 0 Å². The van der Waals surface area contributed by atoms with Gasteiger partial charge < -0.3 is 0 Å². The molecule has 26 heavy (non-hydrogen) atoms. The number of rotatable bonds is 5. The van der Waals surface area contributed by atoms with Gasteiger partial charge in [0.2, 0.25) is 0 Å². The lowest BCUT2D eigenvalue weighted by Crippen LogP contribution is -2.15. The first-order chi connectivity index (χ1) is 12.5. The zero-order chi connectivity index (χ0) is 18.4. The number of hydrogen-bond acceptors (Lipinski definition) is 0. The van der Waals surface area contributed by atoms with E-state index >= 15 is 0 Å². The third kappa shape index (κ3) is 5.84. The van der Waals surface area contributed by atoms with Crippen LogP contribution in [-0.2, 0) is 0 Å². The molecule has 0 radical (unpaired) electrons. The molecule has 0 unspecified atom stereocenters. The molecule has 1 heteroatoms. The van der Waals surface area contributed by atoms with Gasteiger partial charge in [0.05, 0.1) is 8.07 Å². The summed E-state index contributed by atoms with van der Waals surface area (Å²) in [5.41, 5.74) is 7.59. The molecule has 0 saturated heterocycles. The van der Waals surface area contributed by atoms with Crippen LogP contribution in [0.1, 0.15) is 43.2 Å². The van der Waals surface area contributed by atoms with Crippen LogP contribution < -0.4 is 0 Å². The fourth-order valence-electron chi connectivity index (χ4n) is 3.49. The largest absolute Gasteiger partial charge is 0.0944 e. The van der Waals surface area contributed by atoms with E-state index in [1.54, 1.807) is 0 Å². The molecule has 1 saturated carbocycles. The normalized spacial score (nSPS) is 16.6. The molecule has 0 aromatic heterocycles. The van der Waals surface area contributed by atoms with Gasteiger partial charge in [0.1, 0.15) is 0 Å². The number of hydrogen-bond donors (Lipinski definition) is 0. The monoisotopic (exact) mass is 360 g/mol. The Morgan fingerprint density at radius 3 is 1.69 bits per heavy atom. The van der Waals surface area contributed by atoms with Crippen LogP contribution >= 0.6 is 0 Å². The van der Waals surface area contributed by atoms with Gasteiger partial charge in [-0.1, -0.05) is 111 Å². The Balaban J connectivity index is 1.64. The molecule has 136 valence electrons. The first kappa shape index (κ1) is 18.9.